The van der Waals surface area contributed by atoms with E-state index in [0.717, 1.165) is 31.1 Å². The summed E-state index contributed by atoms with van der Waals surface area (Å²) in [7, 11) is 0.191. The van der Waals surface area contributed by atoms with Crippen molar-refractivity contribution in [3.63, 3.8) is 0 Å². The Kier molecular flexibility index (Phi) is 9.20. The van der Waals surface area contributed by atoms with Crippen molar-refractivity contribution in [3.8, 4) is 0 Å². The summed E-state index contributed by atoms with van der Waals surface area (Å²) in [6.07, 6.45) is 2.56. The number of benzene rings is 1. The number of nitrogens with one attached hydrogen (secondary N) is 1. The van der Waals surface area contributed by atoms with Gasteiger partial charge in [-0.3, -0.25) is 4.79 Å². The average Bonchev–Trinajstić information content (AvgIpc) is 3.06. The predicted molar refractivity (Wildman–Crippen MR) is 111 cm³/mol. The third-order valence-corrected chi connectivity index (χ3v) is 5.80. The third kappa shape index (κ3) is 6.44. The molecule has 0 saturated carbocycles. The molecule has 2 aliphatic heterocycles. The minimum absolute atomic E-state index is 0.0703. The first-order chi connectivity index (χ1) is 13.4. The molecule has 7 nitrogen and oxygen atoms in total. The minimum atomic E-state index is -1.31. The highest BCUT2D eigenvalue weighted by Gasteiger charge is 2.38. The molecule has 3 atom stereocenters. The number of rotatable bonds is 7. The maximum atomic E-state index is 11.6. The molecular formula is C19H31BClN3O4. The van der Waals surface area contributed by atoms with E-state index in [4.69, 9.17) is 21.6 Å². The van der Waals surface area contributed by atoms with Crippen LogP contribution < -0.4 is 11.1 Å². The van der Waals surface area contributed by atoms with E-state index in [1.807, 2.05) is 12.1 Å². The Labute approximate surface area is 172 Å². The SMILES string of the molecule is CN.O=C(O)C1CN(CC2Cc3ccc(Cl)cc3CN2)CC1CCCB(O)O. The van der Waals surface area contributed by atoms with Crippen molar-refractivity contribution in [2.75, 3.05) is 26.7 Å². The van der Waals surface area contributed by atoms with Gasteiger partial charge >= 0.3 is 13.1 Å². The second-order valence-corrected chi connectivity index (χ2v) is 7.97. The Morgan fingerprint density at radius 1 is 1.32 bits per heavy atom. The number of nitrogens with two attached hydrogens (primary N) is 1. The highest BCUT2D eigenvalue weighted by molar-refractivity contribution is 6.40. The van der Waals surface area contributed by atoms with Gasteiger partial charge in [-0.25, -0.2) is 0 Å². The van der Waals surface area contributed by atoms with Crippen LogP contribution in [-0.2, 0) is 17.8 Å². The lowest BCUT2D eigenvalue weighted by Crippen LogP contribution is -2.44. The Morgan fingerprint density at radius 2 is 2.07 bits per heavy atom. The Hall–Kier alpha value is -1.16. The van der Waals surface area contributed by atoms with Crippen molar-refractivity contribution in [2.45, 2.75) is 38.2 Å². The molecule has 1 aromatic rings. The molecule has 28 heavy (non-hydrogen) atoms. The van der Waals surface area contributed by atoms with Crippen molar-refractivity contribution in [3.05, 3.63) is 34.3 Å². The molecule has 0 amide bonds. The molecule has 156 valence electrons. The van der Waals surface area contributed by atoms with Crippen LogP contribution in [0.15, 0.2) is 18.2 Å². The summed E-state index contributed by atoms with van der Waals surface area (Å²) >= 11 is 6.05. The normalized spacial score (nSPS) is 24.2. The smallest absolute Gasteiger partial charge is 0.451 e. The molecule has 3 rings (SSSR count). The molecule has 3 unspecified atom stereocenters. The largest absolute Gasteiger partial charge is 0.481 e. The average molecular weight is 412 g/mol. The Bertz CT molecular complexity index is 650. The Balaban J connectivity index is 0.00000136. The van der Waals surface area contributed by atoms with E-state index >= 15 is 0 Å². The third-order valence-electron chi connectivity index (χ3n) is 5.57. The van der Waals surface area contributed by atoms with E-state index in [9.17, 15) is 9.90 Å². The lowest BCUT2D eigenvalue weighted by molar-refractivity contribution is -0.142. The number of halogens is 1. The quantitative estimate of drug-likeness (QED) is 0.421. The van der Waals surface area contributed by atoms with Gasteiger partial charge in [0.05, 0.1) is 5.92 Å². The second kappa shape index (κ2) is 11.1. The lowest BCUT2D eigenvalue weighted by atomic mass is 9.80. The number of likely N-dealkylation sites (tertiary alicyclic amines) is 1. The van der Waals surface area contributed by atoms with Gasteiger partial charge in [-0.05, 0) is 55.4 Å². The van der Waals surface area contributed by atoms with Crippen molar-refractivity contribution in [1.29, 1.82) is 0 Å². The number of hydrogen-bond acceptors (Lipinski definition) is 6. The van der Waals surface area contributed by atoms with E-state index in [-0.39, 0.29) is 11.8 Å². The first kappa shape index (κ1) is 23.1. The van der Waals surface area contributed by atoms with Gasteiger partial charge in [-0.15, -0.1) is 0 Å². The van der Waals surface area contributed by atoms with Crippen LogP contribution in [0, 0.1) is 11.8 Å². The zero-order valence-corrected chi connectivity index (χ0v) is 17.1. The van der Waals surface area contributed by atoms with Gasteiger partial charge in [0.1, 0.15) is 0 Å². The van der Waals surface area contributed by atoms with Crippen LogP contribution in [0.25, 0.3) is 0 Å². The van der Waals surface area contributed by atoms with Crippen molar-refractivity contribution < 1.29 is 19.9 Å². The van der Waals surface area contributed by atoms with Crippen LogP contribution >= 0.6 is 11.6 Å². The summed E-state index contributed by atoms with van der Waals surface area (Å²) in [4.78, 5) is 13.8. The fraction of sp³-hybridized carbons (Fsp3) is 0.632. The monoisotopic (exact) mass is 411 g/mol. The molecule has 2 aliphatic rings. The Morgan fingerprint density at radius 3 is 2.75 bits per heavy atom. The molecule has 1 saturated heterocycles. The van der Waals surface area contributed by atoms with E-state index in [2.05, 4.69) is 22.0 Å². The van der Waals surface area contributed by atoms with Crippen LogP contribution in [0.5, 0.6) is 0 Å². The number of carbonyl (C=O) groups is 1. The minimum Gasteiger partial charge on any atom is -0.481 e. The van der Waals surface area contributed by atoms with Gasteiger partial charge in [0.15, 0.2) is 0 Å². The summed E-state index contributed by atoms with van der Waals surface area (Å²) in [5.41, 5.74) is 7.04. The molecule has 0 radical (unpaired) electrons. The summed E-state index contributed by atoms with van der Waals surface area (Å²) < 4.78 is 0. The van der Waals surface area contributed by atoms with E-state index in [1.54, 1.807) is 0 Å². The zero-order chi connectivity index (χ0) is 20.7. The number of carboxylic acid groups (broad SMARTS) is 1. The van der Waals surface area contributed by atoms with Gasteiger partial charge in [-0.2, -0.15) is 0 Å². The summed E-state index contributed by atoms with van der Waals surface area (Å²) in [6, 6.07) is 6.31. The van der Waals surface area contributed by atoms with Crippen LogP contribution in [0.4, 0.5) is 0 Å². The van der Waals surface area contributed by atoms with E-state index < -0.39 is 13.1 Å². The number of nitrogens with zero attached hydrogens (tertiary/aromatic N) is 1. The topological polar surface area (TPSA) is 119 Å². The van der Waals surface area contributed by atoms with Gasteiger partial charge < -0.3 is 31.1 Å². The van der Waals surface area contributed by atoms with Gasteiger partial charge in [0.25, 0.3) is 0 Å². The molecule has 0 aromatic heterocycles. The predicted octanol–water partition coefficient (Wildman–Crippen LogP) is 0.815. The van der Waals surface area contributed by atoms with Crippen LogP contribution in [0.2, 0.25) is 11.3 Å². The standard InChI is InChI=1S/C18H26BClN2O4.CH5N/c20-15-4-3-12-7-16(21-8-14(12)6-15)10-22-9-13(2-1-5-19(25)26)17(11-22)18(23)24;1-2/h3-4,6,13,16-17,21,25-26H,1-2,5,7-11H2,(H,23,24);2H2,1H3. The number of aliphatic carboxylic acids is 1. The molecule has 6 N–H and O–H groups in total. The zero-order valence-electron chi connectivity index (χ0n) is 16.4. The van der Waals surface area contributed by atoms with Gasteiger partial charge in [0, 0.05) is 37.2 Å². The van der Waals surface area contributed by atoms with E-state index in [1.165, 1.54) is 18.2 Å². The molecular weight excluding hydrogens is 380 g/mol. The van der Waals surface area contributed by atoms with Gasteiger partial charge in [0.2, 0.25) is 0 Å². The number of hydrogen-bond donors (Lipinski definition) is 5. The molecule has 1 aromatic carbocycles. The molecule has 0 spiro atoms. The first-order valence-corrected chi connectivity index (χ1v) is 10.2. The molecule has 0 aliphatic carbocycles. The second-order valence-electron chi connectivity index (χ2n) is 7.53. The van der Waals surface area contributed by atoms with E-state index in [0.29, 0.717) is 31.7 Å². The highest BCUT2D eigenvalue weighted by Crippen LogP contribution is 2.29. The summed E-state index contributed by atoms with van der Waals surface area (Å²) in [5.74, 6) is -1.06. The highest BCUT2D eigenvalue weighted by atomic mass is 35.5. The molecule has 9 heteroatoms. The van der Waals surface area contributed by atoms with Crippen LogP contribution in [0.1, 0.15) is 24.0 Å². The fourth-order valence-corrected chi connectivity index (χ4v) is 4.43. The summed E-state index contributed by atoms with van der Waals surface area (Å²) in [6.45, 7) is 2.93. The fourth-order valence-electron chi connectivity index (χ4n) is 4.24. The maximum Gasteiger partial charge on any atom is 0.451 e. The van der Waals surface area contributed by atoms with Crippen molar-refractivity contribution in [2.24, 2.45) is 17.6 Å². The van der Waals surface area contributed by atoms with Crippen molar-refractivity contribution in [1.82, 2.24) is 10.2 Å². The number of carboxylic acids is 1. The van der Waals surface area contributed by atoms with Gasteiger partial charge in [-0.1, -0.05) is 24.1 Å². The van der Waals surface area contributed by atoms with Crippen LogP contribution in [0.3, 0.4) is 0 Å². The maximum absolute atomic E-state index is 11.6. The summed E-state index contributed by atoms with van der Waals surface area (Å²) in [5, 5.41) is 31.8. The molecule has 2 heterocycles. The number of fused-ring (bicyclic) bond motifs is 1. The molecule has 0 bridgehead atoms. The molecule has 1 fully saturated rings. The van der Waals surface area contributed by atoms with Crippen molar-refractivity contribution >= 4 is 24.7 Å². The first-order valence-electron chi connectivity index (χ1n) is 9.82. The van der Waals surface area contributed by atoms with Crippen LogP contribution in [-0.4, -0.2) is 65.9 Å². The lowest BCUT2D eigenvalue weighted by Gasteiger charge is -2.30.